The third kappa shape index (κ3) is 6.78. The summed E-state index contributed by atoms with van der Waals surface area (Å²) in [5.74, 6) is -2.58. The minimum Gasteiger partial charge on any atom is -0.368 e. The topological polar surface area (TPSA) is 156 Å². The Morgan fingerprint density at radius 1 is 1.00 bits per heavy atom. The van der Waals surface area contributed by atoms with Crippen LogP contribution in [0.5, 0.6) is 0 Å². The largest absolute Gasteiger partial charge is 0.368 e. The van der Waals surface area contributed by atoms with Crippen molar-refractivity contribution in [2.24, 2.45) is 17.4 Å². The van der Waals surface area contributed by atoms with E-state index in [1.165, 1.54) is 13.8 Å². The Labute approximate surface area is 141 Å². The van der Waals surface area contributed by atoms with Gasteiger partial charge in [0.15, 0.2) is 0 Å². The molecule has 24 heavy (non-hydrogen) atoms. The van der Waals surface area contributed by atoms with E-state index >= 15 is 0 Å². The van der Waals surface area contributed by atoms with E-state index in [0.717, 1.165) is 6.42 Å². The average molecular weight is 341 g/mol. The summed E-state index contributed by atoms with van der Waals surface area (Å²) in [6.07, 6.45) is 0.726. The fourth-order valence-corrected chi connectivity index (χ4v) is 1.56. The highest BCUT2D eigenvalue weighted by molar-refractivity contribution is 6.00. The molecule has 0 heterocycles. The van der Waals surface area contributed by atoms with Crippen LogP contribution in [0, 0.1) is 5.92 Å². The van der Waals surface area contributed by atoms with Gasteiger partial charge in [-0.25, -0.2) is 0 Å². The molecule has 0 aliphatic heterocycles. The number of hydrogen-bond donors (Lipinski definition) is 5. The van der Waals surface area contributed by atoms with Gasteiger partial charge in [0.05, 0.1) is 11.7 Å². The van der Waals surface area contributed by atoms with Crippen molar-refractivity contribution in [2.75, 3.05) is 0 Å². The summed E-state index contributed by atoms with van der Waals surface area (Å²) >= 11 is 0. The van der Waals surface area contributed by atoms with Crippen LogP contribution < -0.4 is 27.4 Å². The second kappa shape index (κ2) is 9.66. The highest BCUT2D eigenvalue weighted by Gasteiger charge is 2.24. The number of nitrogens with two attached hydrogens (primary N) is 2. The van der Waals surface area contributed by atoms with Crippen LogP contribution in [0.3, 0.4) is 0 Å². The van der Waals surface area contributed by atoms with E-state index in [2.05, 4.69) is 22.5 Å². The Bertz CT molecular complexity index is 520. The van der Waals surface area contributed by atoms with Gasteiger partial charge in [0, 0.05) is 0 Å². The van der Waals surface area contributed by atoms with Crippen LogP contribution in [-0.2, 0) is 19.2 Å². The molecule has 0 saturated carbocycles. The monoisotopic (exact) mass is 341 g/mol. The zero-order chi connectivity index (χ0) is 19.0. The van der Waals surface area contributed by atoms with Crippen LogP contribution in [0.1, 0.15) is 34.1 Å². The van der Waals surface area contributed by atoms with Crippen LogP contribution in [0.4, 0.5) is 0 Å². The highest BCUT2D eigenvalue weighted by atomic mass is 16.2. The maximum absolute atomic E-state index is 12.0. The second-order valence-electron chi connectivity index (χ2n) is 5.71. The van der Waals surface area contributed by atoms with Crippen LogP contribution in [0.2, 0.25) is 0 Å². The van der Waals surface area contributed by atoms with Gasteiger partial charge in [-0.1, -0.05) is 26.8 Å². The molecule has 0 aromatic heterocycles. The zero-order valence-corrected chi connectivity index (χ0v) is 14.5. The van der Waals surface area contributed by atoms with E-state index in [1.54, 1.807) is 0 Å². The van der Waals surface area contributed by atoms with Crippen molar-refractivity contribution < 1.29 is 19.2 Å². The molecule has 9 nitrogen and oxygen atoms in total. The minimum atomic E-state index is -0.911. The molecule has 7 N–H and O–H groups in total. The van der Waals surface area contributed by atoms with Crippen LogP contribution in [0.15, 0.2) is 12.3 Å². The first-order valence-electron chi connectivity index (χ1n) is 7.67. The molecule has 4 atom stereocenters. The quantitative estimate of drug-likeness (QED) is 0.322. The van der Waals surface area contributed by atoms with Crippen LogP contribution in [-0.4, -0.2) is 41.8 Å². The molecule has 0 unspecified atom stereocenters. The molecule has 136 valence electrons. The Morgan fingerprint density at radius 2 is 1.54 bits per heavy atom. The number of carbonyl (C=O) groups is 4. The molecule has 0 rings (SSSR count). The zero-order valence-electron chi connectivity index (χ0n) is 14.5. The Kier molecular flexibility index (Phi) is 8.69. The van der Waals surface area contributed by atoms with Crippen molar-refractivity contribution in [1.82, 2.24) is 16.0 Å². The van der Waals surface area contributed by atoms with Gasteiger partial charge >= 0.3 is 0 Å². The lowest BCUT2D eigenvalue weighted by molar-refractivity contribution is -0.130. The molecular weight excluding hydrogens is 314 g/mol. The molecule has 0 aromatic rings. The minimum absolute atomic E-state index is 0.0312. The number of rotatable bonds is 9. The summed E-state index contributed by atoms with van der Waals surface area (Å²) in [7, 11) is 0. The summed E-state index contributed by atoms with van der Waals surface area (Å²) in [5.41, 5.74) is 10.5. The summed E-state index contributed by atoms with van der Waals surface area (Å²) in [4.78, 5) is 46.5. The molecule has 9 heteroatoms. The summed E-state index contributed by atoms with van der Waals surface area (Å²) in [6, 6.07) is -2.55. The molecule has 0 aromatic carbocycles. The molecule has 0 aliphatic carbocycles. The van der Waals surface area contributed by atoms with Gasteiger partial charge in [0.25, 0.3) is 5.91 Å². The normalized spacial score (nSPS) is 15.4. The SMILES string of the molecule is C=C(NC(=O)[C@H](C)NC(=O)[C@@H](N)[C@@H](C)CC)C(=O)N[C@@H](C)C(N)=O. The number of primary amides is 1. The van der Waals surface area contributed by atoms with Gasteiger partial charge in [-0.05, 0) is 19.8 Å². The maximum atomic E-state index is 12.0. The number of carbonyl (C=O) groups excluding carboxylic acids is 4. The number of hydrogen-bond acceptors (Lipinski definition) is 5. The highest BCUT2D eigenvalue weighted by Crippen LogP contribution is 2.05. The molecule has 0 saturated heterocycles. The molecule has 0 bridgehead atoms. The molecule has 0 aliphatic rings. The van der Waals surface area contributed by atoms with Gasteiger partial charge in [-0.2, -0.15) is 0 Å². The standard InChI is InChI=1S/C15H27N5O4/c1-6-7(2)11(16)15(24)20-10(5)14(23)19-9(4)13(22)18-8(3)12(17)21/h7-8,10-11H,4,6,16H2,1-3,5H3,(H2,17,21)(H,18,22)(H,19,23)(H,20,24)/t7-,8-,10-,11-/m0/s1. The lowest BCUT2D eigenvalue weighted by Gasteiger charge is -2.21. The number of nitrogens with one attached hydrogen (secondary N) is 3. The van der Waals surface area contributed by atoms with Crippen molar-refractivity contribution in [3.8, 4) is 0 Å². The number of amides is 4. The van der Waals surface area contributed by atoms with Gasteiger partial charge in [-0.3, -0.25) is 19.2 Å². The van der Waals surface area contributed by atoms with Gasteiger partial charge < -0.3 is 27.4 Å². The van der Waals surface area contributed by atoms with Gasteiger partial charge in [-0.15, -0.1) is 0 Å². The Hall–Kier alpha value is -2.42. The maximum Gasteiger partial charge on any atom is 0.267 e. The van der Waals surface area contributed by atoms with E-state index < -0.39 is 41.8 Å². The van der Waals surface area contributed by atoms with Crippen molar-refractivity contribution >= 4 is 23.6 Å². The third-order valence-corrected chi connectivity index (χ3v) is 3.63. The summed E-state index contributed by atoms with van der Waals surface area (Å²) in [6.45, 7) is 10.0. The average Bonchev–Trinajstić information content (AvgIpc) is 2.52. The van der Waals surface area contributed by atoms with Gasteiger partial charge in [0.1, 0.15) is 12.1 Å². The molecule has 0 fully saturated rings. The molecule has 0 spiro atoms. The van der Waals surface area contributed by atoms with Crippen molar-refractivity contribution in [1.29, 1.82) is 0 Å². The lowest BCUT2D eigenvalue weighted by atomic mass is 9.99. The Balaban J connectivity index is 4.54. The van der Waals surface area contributed by atoms with E-state index in [9.17, 15) is 19.2 Å². The van der Waals surface area contributed by atoms with E-state index in [1.807, 2.05) is 13.8 Å². The smallest absolute Gasteiger partial charge is 0.267 e. The lowest BCUT2D eigenvalue weighted by Crippen LogP contribution is -2.52. The van der Waals surface area contributed by atoms with Crippen LogP contribution >= 0.6 is 0 Å². The Morgan fingerprint density at radius 3 is 2.00 bits per heavy atom. The second-order valence-corrected chi connectivity index (χ2v) is 5.71. The van der Waals surface area contributed by atoms with E-state index in [4.69, 9.17) is 11.5 Å². The first-order valence-corrected chi connectivity index (χ1v) is 7.67. The summed E-state index contributed by atoms with van der Waals surface area (Å²) in [5, 5.41) is 7.00. The van der Waals surface area contributed by atoms with E-state index in [0.29, 0.717) is 0 Å². The van der Waals surface area contributed by atoms with Gasteiger partial charge in [0.2, 0.25) is 17.7 Å². The van der Waals surface area contributed by atoms with Crippen molar-refractivity contribution in [3.63, 3.8) is 0 Å². The fraction of sp³-hybridized carbons (Fsp3) is 0.600. The summed E-state index contributed by atoms with van der Waals surface area (Å²) < 4.78 is 0. The van der Waals surface area contributed by atoms with Crippen molar-refractivity contribution in [3.05, 3.63) is 12.3 Å². The van der Waals surface area contributed by atoms with Crippen molar-refractivity contribution in [2.45, 2.75) is 52.2 Å². The molecule has 0 radical (unpaired) electrons. The fourth-order valence-electron chi connectivity index (χ4n) is 1.56. The predicted octanol–water partition coefficient (Wildman–Crippen LogP) is -1.52. The first kappa shape index (κ1) is 21.6. The third-order valence-electron chi connectivity index (χ3n) is 3.63. The first-order chi connectivity index (χ1) is 11.0. The molecule has 4 amide bonds. The predicted molar refractivity (Wildman–Crippen MR) is 89.1 cm³/mol. The molecular formula is C15H27N5O4. The van der Waals surface area contributed by atoms with Crippen LogP contribution in [0.25, 0.3) is 0 Å². The van der Waals surface area contributed by atoms with E-state index in [-0.39, 0.29) is 11.6 Å².